The topological polar surface area (TPSA) is 29.9 Å². The lowest BCUT2D eigenvalue weighted by atomic mass is 10.0. The van der Waals surface area contributed by atoms with Gasteiger partial charge >= 0.3 is 0 Å². The molecule has 3 nitrogen and oxygen atoms in total. The number of nitrogens with one attached hydrogen (secondary N) is 1. The Hall–Kier alpha value is -1.39. The molecule has 5 heteroatoms. The molecular formula is C15H19ClFN3. The summed E-state index contributed by atoms with van der Waals surface area (Å²) in [6.07, 6.45) is 5.59. The highest BCUT2D eigenvalue weighted by molar-refractivity contribution is 6.30. The number of halogens is 2. The predicted octanol–water partition coefficient (Wildman–Crippen LogP) is 3.50. The summed E-state index contributed by atoms with van der Waals surface area (Å²) < 4.78 is 15.3. The number of aryl methyl sites for hydroxylation is 1. The van der Waals surface area contributed by atoms with E-state index in [1.54, 1.807) is 10.7 Å². The quantitative estimate of drug-likeness (QED) is 0.884. The van der Waals surface area contributed by atoms with Crippen LogP contribution >= 0.6 is 11.6 Å². The van der Waals surface area contributed by atoms with Gasteiger partial charge in [0.1, 0.15) is 5.82 Å². The molecule has 0 amide bonds. The van der Waals surface area contributed by atoms with Crippen LogP contribution < -0.4 is 5.32 Å². The van der Waals surface area contributed by atoms with E-state index in [1.807, 2.05) is 25.5 Å². The third kappa shape index (κ3) is 3.81. The van der Waals surface area contributed by atoms with Gasteiger partial charge in [0.2, 0.25) is 0 Å². The largest absolute Gasteiger partial charge is 0.310 e. The molecule has 2 rings (SSSR count). The van der Waals surface area contributed by atoms with Crippen molar-refractivity contribution in [2.24, 2.45) is 7.05 Å². The van der Waals surface area contributed by atoms with Gasteiger partial charge in [-0.05, 0) is 37.1 Å². The van der Waals surface area contributed by atoms with Gasteiger partial charge in [-0.1, -0.05) is 24.6 Å². The van der Waals surface area contributed by atoms with Gasteiger partial charge in [0, 0.05) is 24.8 Å². The summed E-state index contributed by atoms with van der Waals surface area (Å²) in [5.41, 5.74) is 2.03. The van der Waals surface area contributed by atoms with Gasteiger partial charge in [0.15, 0.2) is 0 Å². The second kappa shape index (κ2) is 6.86. The maximum Gasteiger partial charge on any atom is 0.142 e. The Labute approximate surface area is 123 Å². The van der Waals surface area contributed by atoms with Crippen molar-refractivity contribution in [2.45, 2.75) is 25.8 Å². The van der Waals surface area contributed by atoms with E-state index in [1.165, 1.54) is 6.07 Å². The SMILES string of the molecule is CCCNC(Cc1ccc(Cl)c(F)c1)c1cnn(C)c1. The summed E-state index contributed by atoms with van der Waals surface area (Å²) in [5, 5.41) is 7.83. The lowest BCUT2D eigenvalue weighted by Crippen LogP contribution is -2.23. The molecule has 1 aromatic heterocycles. The van der Waals surface area contributed by atoms with Gasteiger partial charge in [0.05, 0.1) is 11.2 Å². The highest BCUT2D eigenvalue weighted by Crippen LogP contribution is 2.21. The van der Waals surface area contributed by atoms with Crippen LogP contribution in [0.5, 0.6) is 0 Å². The minimum atomic E-state index is -0.371. The van der Waals surface area contributed by atoms with Crippen LogP contribution in [-0.4, -0.2) is 16.3 Å². The van der Waals surface area contributed by atoms with Crippen molar-refractivity contribution in [3.63, 3.8) is 0 Å². The molecule has 0 saturated heterocycles. The fourth-order valence-corrected chi connectivity index (χ4v) is 2.27. The molecule has 2 aromatic rings. The maximum absolute atomic E-state index is 13.5. The summed E-state index contributed by atoms with van der Waals surface area (Å²) in [6, 6.07) is 5.10. The van der Waals surface area contributed by atoms with Gasteiger partial charge in [-0.3, -0.25) is 4.68 Å². The van der Waals surface area contributed by atoms with Crippen LogP contribution in [0.25, 0.3) is 0 Å². The van der Waals surface area contributed by atoms with E-state index in [0.717, 1.165) is 24.1 Å². The molecule has 0 fully saturated rings. The Kier molecular flexibility index (Phi) is 5.15. The number of aromatic nitrogens is 2. The smallest absolute Gasteiger partial charge is 0.142 e. The molecule has 0 aliphatic heterocycles. The van der Waals surface area contributed by atoms with E-state index in [4.69, 9.17) is 11.6 Å². The lowest BCUT2D eigenvalue weighted by molar-refractivity contribution is 0.527. The molecular weight excluding hydrogens is 277 g/mol. The van der Waals surface area contributed by atoms with Gasteiger partial charge in [-0.15, -0.1) is 0 Å². The predicted molar refractivity (Wildman–Crippen MR) is 79.4 cm³/mol. The lowest BCUT2D eigenvalue weighted by Gasteiger charge is -2.17. The molecule has 1 atom stereocenters. The molecule has 1 aromatic carbocycles. The summed E-state index contributed by atoms with van der Waals surface area (Å²) in [7, 11) is 1.89. The van der Waals surface area contributed by atoms with Crippen LogP contribution in [0.1, 0.15) is 30.5 Å². The molecule has 1 unspecified atom stereocenters. The second-order valence-corrected chi connectivity index (χ2v) is 5.31. The van der Waals surface area contributed by atoms with E-state index in [0.29, 0.717) is 6.42 Å². The van der Waals surface area contributed by atoms with E-state index in [-0.39, 0.29) is 16.9 Å². The third-order valence-electron chi connectivity index (χ3n) is 3.19. The fourth-order valence-electron chi connectivity index (χ4n) is 2.15. The first-order chi connectivity index (χ1) is 9.60. The molecule has 1 N–H and O–H groups in total. The molecule has 0 bridgehead atoms. The Balaban J connectivity index is 2.16. The number of hydrogen-bond donors (Lipinski definition) is 1. The normalized spacial score (nSPS) is 12.6. The van der Waals surface area contributed by atoms with Crippen LogP contribution in [0.2, 0.25) is 5.02 Å². The summed E-state index contributed by atoms with van der Waals surface area (Å²) in [4.78, 5) is 0. The van der Waals surface area contributed by atoms with E-state index in [2.05, 4.69) is 17.3 Å². The zero-order valence-corrected chi connectivity index (χ0v) is 12.5. The standard InChI is InChI=1S/C15H19ClFN3/c1-3-6-18-15(12-9-19-20(2)10-12)8-11-4-5-13(16)14(17)7-11/h4-5,7,9-10,15,18H,3,6,8H2,1-2H3. The molecule has 0 saturated carbocycles. The Morgan fingerprint density at radius 1 is 1.45 bits per heavy atom. The fraction of sp³-hybridized carbons (Fsp3) is 0.400. The van der Waals surface area contributed by atoms with Crippen molar-refractivity contribution in [2.75, 3.05) is 6.54 Å². The first-order valence-electron chi connectivity index (χ1n) is 6.76. The van der Waals surface area contributed by atoms with Gasteiger partial charge in [-0.2, -0.15) is 5.10 Å². The average molecular weight is 296 g/mol. The minimum Gasteiger partial charge on any atom is -0.310 e. The van der Waals surface area contributed by atoms with E-state index >= 15 is 0 Å². The van der Waals surface area contributed by atoms with Crippen molar-refractivity contribution in [3.05, 3.63) is 52.6 Å². The van der Waals surface area contributed by atoms with Gasteiger partial charge in [0.25, 0.3) is 0 Å². The van der Waals surface area contributed by atoms with E-state index < -0.39 is 0 Å². The Morgan fingerprint density at radius 2 is 2.25 bits per heavy atom. The highest BCUT2D eigenvalue weighted by atomic mass is 35.5. The minimum absolute atomic E-state index is 0.129. The van der Waals surface area contributed by atoms with Crippen molar-refractivity contribution in [1.29, 1.82) is 0 Å². The first-order valence-corrected chi connectivity index (χ1v) is 7.13. The van der Waals surface area contributed by atoms with Crippen LogP contribution in [0, 0.1) is 5.82 Å². The Morgan fingerprint density at radius 3 is 2.85 bits per heavy atom. The summed E-state index contributed by atoms with van der Waals surface area (Å²) in [5.74, 6) is -0.371. The zero-order chi connectivity index (χ0) is 14.5. The second-order valence-electron chi connectivity index (χ2n) is 4.91. The highest BCUT2D eigenvalue weighted by Gasteiger charge is 2.14. The van der Waals surface area contributed by atoms with Crippen LogP contribution in [0.3, 0.4) is 0 Å². The van der Waals surface area contributed by atoms with Crippen molar-refractivity contribution < 1.29 is 4.39 Å². The molecule has 108 valence electrons. The molecule has 1 heterocycles. The van der Waals surface area contributed by atoms with Crippen LogP contribution in [-0.2, 0) is 13.5 Å². The average Bonchev–Trinajstić information content (AvgIpc) is 2.85. The van der Waals surface area contributed by atoms with Gasteiger partial charge in [-0.25, -0.2) is 4.39 Å². The number of rotatable bonds is 6. The third-order valence-corrected chi connectivity index (χ3v) is 3.50. The van der Waals surface area contributed by atoms with Gasteiger partial charge < -0.3 is 5.32 Å². The maximum atomic E-state index is 13.5. The molecule has 20 heavy (non-hydrogen) atoms. The summed E-state index contributed by atoms with van der Waals surface area (Å²) in [6.45, 7) is 3.03. The first kappa shape index (κ1) is 15.0. The number of nitrogens with zero attached hydrogens (tertiary/aromatic N) is 2. The van der Waals surface area contributed by atoms with Crippen molar-refractivity contribution in [1.82, 2.24) is 15.1 Å². The van der Waals surface area contributed by atoms with E-state index in [9.17, 15) is 4.39 Å². The monoisotopic (exact) mass is 295 g/mol. The molecule has 0 aliphatic rings. The number of hydrogen-bond acceptors (Lipinski definition) is 2. The van der Waals surface area contributed by atoms with Crippen molar-refractivity contribution in [3.8, 4) is 0 Å². The zero-order valence-electron chi connectivity index (χ0n) is 11.7. The van der Waals surface area contributed by atoms with Crippen molar-refractivity contribution >= 4 is 11.6 Å². The molecule has 0 aliphatic carbocycles. The Bertz CT molecular complexity index is 568. The van der Waals surface area contributed by atoms with Crippen LogP contribution in [0.4, 0.5) is 4.39 Å². The number of benzene rings is 1. The summed E-state index contributed by atoms with van der Waals surface area (Å²) >= 11 is 5.72. The molecule has 0 spiro atoms. The van der Waals surface area contributed by atoms with Crippen LogP contribution in [0.15, 0.2) is 30.6 Å². The molecule has 0 radical (unpaired) electrons.